The van der Waals surface area contributed by atoms with E-state index in [2.05, 4.69) is 0 Å². The first-order chi connectivity index (χ1) is 10.1. The van der Waals surface area contributed by atoms with E-state index in [9.17, 15) is 19.2 Å². The first-order valence-electron chi connectivity index (χ1n) is 6.63. The van der Waals surface area contributed by atoms with Crippen LogP contribution >= 0.6 is 0 Å². The highest BCUT2D eigenvalue weighted by atomic mass is 32.2. The monoisotopic (exact) mass is 311 g/mol. The first-order valence-corrected chi connectivity index (χ1v) is 8.12. The third-order valence-electron chi connectivity index (χ3n) is 3.22. The van der Waals surface area contributed by atoms with Crippen molar-refractivity contribution in [1.82, 2.24) is 4.90 Å². The lowest BCUT2D eigenvalue weighted by Gasteiger charge is -2.28. The molecule has 1 saturated heterocycles. The van der Waals surface area contributed by atoms with Crippen molar-refractivity contribution in [3.8, 4) is 0 Å². The van der Waals surface area contributed by atoms with Crippen LogP contribution < -0.4 is 0 Å². The number of amides is 1. The van der Waals surface area contributed by atoms with Crippen LogP contribution in [0, 0.1) is 0 Å². The first kappa shape index (κ1) is 15.7. The van der Waals surface area contributed by atoms with Crippen LogP contribution in [0.2, 0.25) is 0 Å². The van der Waals surface area contributed by atoms with Gasteiger partial charge in [0.1, 0.15) is 11.5 Å². The second kappa shape index (κ2) is 7.33. The Morgan fingerprint density at radius 2 is 1.90 bits per heavy atom. The van der Waals surface area contributed by atoms with Gasteiger partial charge in [0.15, 0.2) is 0 Å². The fraction of sp³-hybridized carbons (Fsp3) is 0.429. The lowest BCUT2D eigenvalue weighted by molar-refractivity contribution is -0.147. The van der Waals surface area contributed by atoms with Gasteiger partial charge in [-0.15, -0.1) is 0 Å². The Hall–Kier alpha value is -1.73. The summed E-state index contributed by atoms with van der Waals surface area (Å²) in [6.07, 6.45) is -1.75. The van der Waals surface area contributed by atoms with Gasteiger partial charge in [0.2, 0.25) is 6.10 Å². The lowest BCUT2D eigenvalue weighted by Crippen LogP contribution is -2.46. The van der Waals surface area contributed by atoms with Gasteiger partial charge in [-0.25, -0.2) is 9.59 Å². The van der Waals surface area contributed by atoms with Crippen LogP contribution in [0.3, 0.4) is 0 Å². The predicted octanol–water partition coefficient (Wildman–Crippen LogP) is 0.883. The summed E-state index contributed by atoms with van der Waals surface area (Å²) < 4.78 is 16.3. The van der Waals surface area contributed by atoms with Crippen molar-refractivity contribution in [3.63, 3.8) is 0 Å². The number of ether oxygens (including phenoxy) is 1. The smallest absolute Gasteiger partial charge is 0.410 e. The van der Waals surface area contributed by atoms with Gasteiger partial charge in [-0.2, -0.15) is 0 Å². The Balaban J connectivity index is 1.93. The maximum Gasteiger partial charge on any atom is 0.410 e. The Morgan fingerprint density at radius 1 is 1.29 bits per heavy atom. The molecule has 1 heterocycles. The number of rotatable bonds is 4. The normalized spacial score (nSPS) is 17.3. The van der Waals surface area contributed by atoms with Crippen molar-refractivity contribution in [2.24, 2.45) is 0 Å². The summed E-state index contributed by atoms with van der Waals surface area (Å²) in [5.74, 6) is -0.357. The molecule has 6 nitrogen and oxygen atoms in total. The van der Waals surface area contributed by atoms with Gasteiger partial charge in [-0.3, -0.25) is 4.90 Å². The minimum absolute atomic E-state index is 0.127. The summed E-state index contributed by atoms with van der Waals surface area (Å²) in [5.41, 5.74) is 0.789. The minimum Gasteiger partial charge on any atom is -0.616 e. The van der Waals surface area contributed by atoms with Crippen molar-refractivity contribution in [2.75, 3.05) is 24.6 Å². The number of hydrogen-bond donors (Lipinski definition) is 1. The average Bonchev–Trinajstić information content (AvgIpc) is 2.48. The molecule has 1 atom stereocenters. The number of carboxylic acids is 1. The number of carbonyl (C=O) groups is 2. The number of carboxylic acid groups (broad SMARTS) is 1. The maximum atomic E-state index is 12.0. The third-order valence-corrected chi connectivity index (χ3v) is 4.49. The SMILES string of the molecule is O=C(O)C(Cc1ccccc1)OC(=O)N1CC[S+]([O-])CC1. The highest BCUT2D eigenvalue weighted by Gasteiger charge is 2.29. The van der Waals surface area contributed by atoms with Gasteiger partial charge in [-0.1, -0.05) is 41.5 Å². The minimum atomic E-state index is -1.22. The van der Waals surface area contributed by atoms with Crippen LogP contribution in [0.1, 0.15) is 5.56 Å². The van der Waals surface area contributed by atoms with Crippen LogP contribution in [0.4, 0.5) is 4.79 Å². The Morgan fingerprint density at radius 3 is 2.48 bits per heavy atom. The molecule has 1 amide bonds. The molecule has 0 saturated carbocycles. The van der Waals surface area contributed by atoms with E-state index in [4.69, 9.17) is 4.74 Å². The fourth-order valence-corrected chi connectivity index (χ4v) is 3.08. The number of hydrogen-bond acceptors (Lipinski definition) is 4. The summed E-state index contributed by atoms with van der Waals surface area (Å²) in [4.78, 5) is 24.6. The second-order valence-corrected chi connectivity index (χ2v) is 6.43. The highest BCUT2D eigenvalue weighted by molar-refractivity contribution is 7.91. The zero-order valence-electron chi connectivity index (χ0n) is 11.4. The van der Waals surface area contributed by atoms with E-state index in [1.54, 1.807) is 24.3 Å². The van der Waals surface area contributed by atoms with E-state index in [0.29, 0.717) is 24.6 Å². The van der Waals surface area contributed by atoms with Crippen LogP contribution in [0.5, 0.6) is 0 Å². The van der Waals surface area contributed by atoms with Crippen molar-refractivity contribution < 1.29 is 24.0 Å². The number of benzene rings is 1. The molecular formula is C14H17NO5S. The zero-order valence-corrected chi connectivity index (χ0v) is 12.3. The van der Waals surface area contributed by atoms with Crippen molar-refractivity contribution in [2.45, 2.75) is 12.5 Å². The van der Waals surface area contributed by atoms with Gasteiger partial charge in [0, 0.05) is 6.42 Å². The molecule has 1 fully saturated rings. The average molecular weight is 311 g/mol. The van der Waals surface area contributed by atoms with E-state index in [1.165, 1.54) is 4.90 Å². The molecule has 2 rings (SSSR count). The molecule has 1 unspecified atom stereocenters. The number of nitrogens with zero attached hydrogens (tertiary/aromatic N) is 1. The molecule has 1 aliphatic rings. The van der Waals surface area contributed by atoms with E-state index < -0.39 is 29.3 Å². The number of aliphatic carboxylic acids is 1. The topological polar surface area (TPSA) is 89.9 Å². The molecule has 7 heteroatoms. The predicted molar refractivity (Wildman–Crippen MR) is 77.5 cm³/mol. The number of carbonyl (C=O) groups excluding carboxylic acids is 1. The highest BCUT2D eigenvalue weighted by Crippen LogP contribution is 2.11. The molecule has 0 bridgehead atoms. The van der Waals surface area contributed by atoms with Crippen LogP contribution in [0.25, 0.3) is 0 Å². The molecule has 0 radical (unpaired) electrons. The Labute approximate surface area is 125 Å². The molecule has 1 aromatic carbocycles. The van der Waals surface area contributed by atoms with E-state index in [0.717, 1.165) is 5.56 Å². The Bertz CT molecular complexity index is 487. The molecular weight excluding hydrogens is 294 g/mol. The maximum absolute atomic E-state index is 12.0. The van der Waals surface area contributed by atoms with Crippen molar-refractivity contribution in [3.05, 3.63) is 35.9 Å². The lowest BCUT2D eigenvalue weighted by atomic mass is 10.1. The molecule has 0 spiro atoms. The van der Waals surface area contributed by atoms with Gasteiger partial charge >= 0.3 is 12.1 Å². The third kappa shape index (κ3) is 4.64. The van der Waals surface area contributed by atoms with Crippen LogP contribution in [0.15, 0.2) is 30.3 Å². The van der Waals surface area contributed by atoms with E-state index in [1.807, 2.05) is 6.07 Å². The molecule has 21 heavy (non-hydrogen) atoms. The molecule has 0 aromatic heterocycles. The molecule has 1 N–H and O–H groups in total. The van der Waals surface area contributed by atoms with E-state index >= 15 is 0 Å². The summed E-state index contributed by atoms with van der Waals surface area (Å²) in [5, 5.41) is 9.18. The van der Waals surface area contributed by atoms with E-state index in [-0.39, 0.29) is 6.42 Å². The summed E-state index contributed by atoms with van der Waals surface area (Å²) >= 11 is -0.896. The van der Waals surface area contributed by atoms with Gasteiger partial charge in [-0.05, 0) is 5.56 Å². The van der Waals surface area contributed by atoms with Crippen molar-refractivity contribution >= 4 is 23.2 Å². The molecule has 114 valence electrons. The molecule has 1 aliphatic heterocycles. The largest absolute Gasteiger partial charge is 0.616 e. The van der Waals surface area contributed by atoms with Crippen molar-refractivity contribution in [1.29, 1.82) is 0 Å². The van der Waals surface area contributed by atoms with Crippen LogP contribution in [-0.4, -0.2) is 57.3 Å². The quantitative estimate of drug-likeness (QED) is 0.834. The fourth-order valence-electron chi connectivity index (χ4n) is 2.02. The zero-order chi connectivity index (χ0) is 15.2. The molecule has 1 aromatic rings. The van der Waals surface area contributed by atoms with Gasteiger partial charge in [0.25, 0.3) is 0 Å². The summed E-state index contributed by atoms with van der Waals surface area (Å²) in [6, 6.07) is 9.01. The second-order valence-electron chi connectivity index (χ2n) is 4.74. The standard InChI is InChI=1S/C14H17NO5S/c16-13(17)12(10-11-4-2-1-3-5-11)20-14(18)15-6-8-21(19)9-7-15/h1-5,12H,6-10H2,(H,16,17). The molecule has 0 aliphatic carbocycles. The summed E-state index contributed by atoms with van der Waals surface area (Å²) in [6.45, 7) is 0.673. The van der Waals surface area contributed by atoms with Gasteiger partial charge < -0.3 is 14.4 Å². The van der Waals surface area contributed by atoms with Gasteiger partial charge in [0.05, 0.1) is 13.1 Å². The summed E-state index contributed by atoms with van der Waals surface area (Å²) in [7, 11) is 0. The van der Waals surface area contributed by atoms with Crippen LogP contribution in [-0.2, 0) is 27.1 Å². The Kier molecular flexibility index (Phi) is 5.46.